The standard InChI is InChI=1S/C12H17N3O5S/c1-8-11(16)13-6-7-15(8)12(17)9-4-5-10(20-9)21(18,19)14(2)3/h4-5,8H,6-7H2,1-3H3,(H,13,16). The zero-order chi connectivity index (χ0) is 15.8. The first-order valence-electron chi connectivity index (χ1n) is 6.36. The average molecular weight is 315 g/mol. The molecule has 8 nitrogen and oxygen atoms in total. The van der Waals surface area contributed by atoms with E-state index < -0.39 is 22.0 Å². The van der Waals surface area contributed by atoms with Crippen molar-refractivity contribution in [3.63, 3.8) is 0 Å². The normalized spacial score (nSPS) is 19.7. The van der Waals surface area contributed by atoms with Crippen molar-refractivity contribution < 1.29 is 22.4 Å². The zero-order valence-electron chi connectivity index (χ0n) is 12.0. The zero-order valence-corrected chi connectivity index (χ0v) is 12.8. The Morgan fingerprint density at radius 3 is 2.71 bits per heavy atom. The van der Waals surface area contributed by atoms with Crippen LogP contribution in [0.15, 0.2) is 21.6 Å². The van der Waals surface area contributed by atoms with Crippen LogP contribution in [0.4, 0.5) is 0 Å². The Balaban J connectivity index is 2.26. The summed E-state index contributed by atoms with van der Waals surface area (Å²) in [5.41, 5.74) is 0. The van der Waals surface area contributed by atoms with Gasteiger partial charge in [-0.05, 0) is 19.1 Å². The highest BCUT2D eigenvalue weighted by molar-refractivity contribution is 7.88. The number of furan rings is 1. The number of piperazine rings is 1. The number of carbonyl (C=O) groups is 2. The maximum atomic E-state index is 12.3. The van der Waals surface area contributed by atoms with Crippen LogP contribution < -0.4 is 5.32 Å². The van der Waals surface area contributed by atoms with Gasteiger partial charge in [-0.2, -0.15) is 0 Å². The molecule has 0 aromatic carbocycles. The Kier molecular flexibility index (Phi) is 4.06. The van der Waals surface area contributed by atoms with E-state index in [9.17, 15) is 18.0 Å². The van der Waals surface area contributed by atoms with Crippen LogP contribution in [0.1, 0.15) is 17.5 Å². The predicted octanol–water partition coefficient (Wildman–Crippen LogP) is -0.510. The fourth-order valence-corrected chi connectivity index (χ4v) is 2.75. The molecule has 1 aliphatic heterocycles. The van der Waals surface area contributed by atoms with Crippen molar-refractivity contribution in [3.05, 3.63) is 17.9 Å². The Labute approximate surface area is 122 Å². The highest BCUT2D eigenvalue weighted by Gasteiger charge is 2.32. The Morgan fingerprint density at radius 1 is 1.43 bits per heavy atom. The van der Waals surface area contributed by atoms with Crippen LogP contribution in [0, 0.1) is 0 Å². The molecule has 2 rings (SSSR count). The molecular weight excluding hydrogens is 298 g/mol. The first-order valence-corrected chi connectivity index (χ1v) is 7.80. The number of sulfonamides is 1. The van der Waals surface area contributed by atoms with Gasteiger partial charge in [0.25, 0.3) is 15.9 Å². The molecule has 1 saturated heterocycles. The number of amides is 2. The lowest BCUT2D eigenvalue weighted by molar-refractivity contribution is -0.127. The summed E-state index contributed by atoms with van der Waals surface area (Å²) in [7, 11) is -0.985. The minimum Gasteiger partial charge on any atom is -0.438 e. The minimum absolute atomic E-state index is 0.100. The van der Waals surface area contributed by atoms with Gasteiger partial charge in [-0.15, -0.1) is 0 Å². The van der Waals surface area contributed by atoms with E-state index in [4.69, 9.17) is 4.42 Å². The topological polar surface area (TPSA) is 99.9 Å². The van der Waals surface area contributed by atoms with Crippen molar-refractivity contribution in [2.24, 2.45) is 0 Å². The van der Waals surface area contributed by atoms with E-state index in [2.05, 4.69) is 5.32 Å². The van der Waals surface area contributed by atoms with Gasteiger partial charge in [0.1, 0.15) is 6.04 Å². The number of hydrogen-bond acceptors (Lipinski definition) is 5. The number of carbonyl (C=O) groups excluding carboxylic acids is 2. The molecule has 0 spiro atoms. The Bertz CT molecular complexity index is 664. The molecule has 1 aromatic rings. The number of hydrogen-bond donors (Lipinski definition) is 1. The smallest absolute Gasteiger partial charge is 0.290 e. The quantitative estimate of drug-likeness (QED) is 0.810. The number of nitrogens with one attached hydrogen (secondary N) is 1. The van der Waals surface area contributed by atoms with Gasteiger partial charge in [-0.25, -0.2) is 12.7 Å². The average Bonchev–Trinajstić information content (AvgIpc) is 2.91. The van der Waals surface area contributed by atoms with Crippen molar-refractivity contribution in [2.75, 3.05) is 27.2 Å². The summed E-state index contributed by atoms with van der Waals surface area (Å²) in [5, 5.41) is 2.35. The van der Waals surface area contributed by atoms with Gasteiger partial charge in [0.15, 0.2) is 5.76 Å². The van der Waals surface area contributed by atoms with Crippen LogP contribution in [0.3, 0.4) is 0 Å². The van der Waals surface area contributed by atoms with Crippen LogP contribution in [-0.2, 0) is 14.8 Å². The molecular formula is C12H17N3O5S. The van der Waals surface area contributed by atoms with Crippen LogP contribution in [0.25, 0.3) is 0 Å². The van der Waals surface area contributed by atoms with Crippen molar-refractivity contribution in [1.82, 2.24) is 14.5 Å². The summed E-state index contributed by atoms with van der Waals surface area (Å²) in [6.45, 7) is 2.31. The van der Waals surface area contributed by atoms with Crippen LogP contribution in [0.5, 0.6) is 0 Å². The van der Waals surface area contributed by atoms with E-state index in [-0.39, 0.29) is 16.8 Å². The second kappa shape index (κ2) is 5.49. The second-order valence-corrected chi connectivity index (χ2v) is 6.95. The van der Waals surface area contributed by atoms with Crippen LogP contribution >= 0.6 is 0 Å². The van der Waals surface area contributed by atoms with Crippen molar-refractivity contribution >= 4 is 21.8 Å². The van der Waals surface area contributed by atoms with Crippen molar-refractivity contribution in [1.29, 1.82) is 0 Å². The maximum absolute atomic E-state index is 12.3. The highest BCUT2D eigenvalue weighted by Crippen LogP contribution is 2.19. The van der Waals surface area contributed by atoms with Crippen molar-refractivity contribution in [3.8, 4) is 0 Å². The van der Waals surface area contributed by atoms with E-state index in [1.165, 1.54) is 31.1 Å². The molecule has 1 aromatic heterocycles. The molecule has 1 atom stereocenters. The van der Waals surface area contributed by atoms with E-state index in [1.807, 2.05) is 0 Å². The van der Waals surface area contributed by atoms with Crippen LogP contribution in [-0.4, -0.2) is 62.7 Å². The summed E-state index contributed by atoms with van der Waals surface area (Å²) in [6, 6.07) is 1.92. The third-order valence-electron chi connectivity index (χ3n) is 3.29. The molecule has 0 radical (unpaired) electrons. The lowest BCUT2D eigenvalue weighted by Crippen LogP contribution is -2.55. The largest absolute Gasteiger partial charge is 0.438 e. The molecule has 1 aliphatic rings. The van der Waals surface area contributed by atoms with Crippen LogP contribution in [0.2, 0.25) is 0 Å². The molecule has 21 heavy (non-hydrogen) atoms. The molecule has 1 fully saturated rings. The molecule has 2 amide bonds. The van der Waals surface area contributed by atoms with Gasteiger partial charge in [-0.3, -0.25) is 9.59 Å². The maximum Gasteiger partial charge on any atom is 0.290 e. The predicted molar refractivity (Wildman–Crippen MR) is 73.1 cm³/mol. The van der Waals surface area contributed by atoms with Gasteiger partial charge >= 0.3 is 0 Å². The molecule has 1 unspecified atom stereocenters. The summed E-state index contributed by atoms with van der Waals surface area (Å²) in [4.78, 5) is 25.2. The minimum atomic E-state index is -3.73. The third kappa shape index (κ3) is 2.79. The van der Waals surface area contributed by atoms with E-state index >= 15 is 0 Å². The van der Waals surface area contributed by atoms with E-state index in [1.54, 1.807) is 6.92 Å². The molecule has 116 valence electrons. The fourth-order valence-electron chi connectivity index (χ4n) is 1.96. The number of nitrogens with zero attached hydrogens (tertiary/aromatic N) is 2. The molecule has 2 heterocycles. The first kappa shape index (κ1) is 15.5. The molecule has 9 heteroatoms. The Morgan fingerprint density at radius 2 is 2.10 bits per heavy atom. The van der Waals surface area contributed by atoms with Crippen molar-refractivity contribution in [2.45, 2.75) is 18.1 Å². The van der Waals surface area contributed by atoms with Gasteiger partial charge in [0.2, 0.25) is 11.0 Å². The van der Waals surface area contributed by atoms with Gasteiger partial charge in [0.05, 0.1) is 0 Å². The van der Waals surface area contributed by atoms with E-state index in [0.29, 0.717) is 13.1 Å². The molecule has 0 aliphatic carbocycles. The lowest BCUT2D eigenvalue weighted by atomic mass is 10.2. The van der Waals surface area contributed by atoms with Gasteiger partial charge < -0.3 is 14.6 Å². The Hall–Kier alpha value is -1.87. The summed E-state index contributed by atoms with van der Waals surface area (Å²) in [5.74, 6) is -0.850. The van der Waals surface area contributed by atoms with E-state index in [0.717, 1.165) is 4.31 Å². The van der Waals surface area contributed by atoms with Gasteiger partial charge in [-0.1, -0.05) is 0 Å². The lowest BCUT2D eigenvalue weighted by Gasteiger charge is -2.32. The summed E-state index contributed by atoms with van der Waals surface area (Å²) < 4.78 is 30.0. The van der Waals surface area contributed by atoms with Gasteiger partial charge in [0, 0.05) is 27.2 Å². The first-order chi connectivity index (χ1) is 9.75. The fraction of sp³-hybridized carbons (Fsp3) is 0.500. The SMILES string of the molecule is CC1C(=O)NCCN1C(=O)c1ccc(S(=O)(=O)N(C)C)o1. The second-order valence-electron chi connectivity index (χ2n) is 4.87. The molecule has 1 N–H and O–H groups in total. The third-order valence-corrected chi connectivity index (χ3v) is 4.98. The molecule has 0 bridgehead atoms. The molecule has 0 saturated carbocycles. The monoisotopic (exact) mass is 315 g/mol. The highest BCUT2D eigenvalue weighted by atomic mass is 32.2. The number of rotatable bonds is 3. The summed E-state index contributed by atoms with van der Waals surface area (Å²) in [6.07, 6.45) is 0. The summed E-state index contributed by atoms with van der Waals surface area (Å²) >= 11 is 0.